The van der Waals surface area contributed by atoms with Gasteiger partial charge in [0.2, 0.25) is 0 Å². The molecule has 8 bridgehead atoms. The highest BCUT2D eigenvalue weighted by Crippen LogP contribution is 2.56. The molecule has 0 aliphatic carbocycles. The molecule has 1 aliphatic heterocycles. The maximum atomic E-state index is 12.2. The maximum Gasteiger partial charge on any atom is 0.394 e. The van der Waals surface area contributed by atoms with Gasteiger partial charge >= 0.3 is 47.5 Å². The highest BCUT2D eigenvalue weighted by molar-refractivity contribution is 8.01. The summed E-state index contributed by atoms with van der Waals surface area (Å²) in [5, 5.41) is 46.9. The summed E-state index contributed by atoms with van der Waals surface area (Å²) in [5.74, 6) is -10.3. The van der Waals surface area contributed by atoms with Gasteiger partial charge in [-0.25, -0.2) is 19.2 Å². The fraction of sp³-hybridized carbons (Fsp3) is 0.429. The average molecular weight is 1180 g/mol. The SMILES string of the molecule is CC(C)(C)c1cc2c(OCCNC(=O)C(=O)O)c(c1)Sc1cc(C(C)(C)C)cc(c1OCCNC(=O)C(=O)O)Sc1cc(C(C)(C)C)cc(c1OCCNC(=O)C(=O)O)Sc1cc(C(C)(C)C)cc(c1OCCNC(=O)C(=O)O)S2. The van der Waals surface area contributed by atoms with Crippen LogP contribution in [0.4, 0.5) is 0 Å². The summed E-state index contributed by atoms with van der Waals surface area (Å²) < 4.78 is 26.7. The van der Waals surface area contributed by atoms with Crippen molar-refractivity contribution in [3.05, 3.63) is 70.8 Å². The van der Waals surface area contributed by atoms with E-state index >= 15 is 0 Å². The Labute approximate surface area is 481 Å². The normalized spacial score (nSPS) is 12.6. The Morgan fingerprint density at radius 2 is 0.475 bits per heavy atom. The zero-order valence-electron chi connectivity index (χ0n) is 46.6. The van der Waals surface area contributed by atoms with Gasteiger partial charge in [0, 0.05) is 0 Å². The van der Waals surface area contributed by atoms with Crippen molar-refractivity contribution in [3.8, 4) is 23.0 Å². The zero-order valence-corrected chi connectivity index (χ0v) is 49.9. The lowest BCUT2D eigenvalue weighted by Gasteiger charge is -2.28. The third-order valence-electron chi connectivity index (χ3n) is 11.7. The molecule has 0 saturated heterocycles. The van der Waals surface area contributed by atoms with E-state index in [9.17, 15) is 58.8 Å². The van der Waals surface area contributed by atoms with E-state index in [1.807, 2.05) is 132 Å². The third-order valence-corrected chi connectivity index (χ3v) is 15.9. The first-order chi connectivity index (χ1) is 37.1. The van der Waals surface area contributed by atoms with Crippen LogP contribution in [0.25, 0.3) is 0 Å². The van der Waals surface area contributed by atoms with Gasteiger partial charge in [-0.3, -0.25) is 19.2 Å². The molecule has 8 N–H and O–H groups in total. The van der Waals surface area contributed by atoms with E-state index in [0.29, 0.717) is 62.2 Å². The van der Waals surface area contributed by atoms with E-state index in [1.165, 1.54) is 47.0 Å². The Morgan fingerprint density at radius 3 is 0.600 bits per heavy atom. The van der Waals surface area contributed by atoms with Gasteiger partial charge in [0.1, 0.15) is 49.4 Å². The number of amides is 4. The van der Waals surface area contributed by atoms with Gasteiger partial charge < -0.3 is 60.6 Å². The van der Waals surface area contributed by atoms with Gasteiger partial charge in [0.15, 0.2) is 0 Å². The lowest BCUT2D eigenvalue weighted by Crippen LogP contribution is -2.33. The van der Waals surface area contributed by atoms with E-state index in [2.05, 4.69) is 21.3 Å². The summed E-state index contributed by atoms with van der Waals surface area (Å²) in [5.41, 5.74) is 1.47. The van der Waals surface area contributed by atoms with Crippen LogP contribution in [0.5, 0.6) is 23.0 Å². The van der Waals surface area contributed by atoms with Gasteiger partial charge in [-0.05, 0) is 92.4 Å². The number of benzene rings is 4. The summed E-state index contributed by atoms with van der Waals surface area (Å²) in [7, 11) is 0. The Morgan fingerprint density at radius 1 is 0.325 bits per heavy atom. The number of ether oxygens (including phenoxy) is 4. The van der Waals surface area contributed by atoms with Gasteiger partial charge in [-0.2, -0.15) is 0 Å². The highest BCUT2D eigenvalue weighted by atomic mass is 32.2. The topological polar surface area (TPSA) is 303 Å². The molecular formula is C56H68N4O16S4. The molecule has 0 unspecified atom stereocenters. The molecule has 4 amide bonds. The van der Waals surface area contributed by atoms with E-state index in [0.717, 1.165) is 22.3 Å². The molecule has 0 spiro atoms. The first-order valence-corrected chi connectivity index (χ1v) is 28.4. The van der Waals surface area contributed by atoms with Crippen LogP contribution in [0.2, 0.25) is 0 Å². The molecule has 5 rings (SSSR count). The van der Waals surface area contributed by atoms with Gasteiger partial charge in [0.05, 0.1) is 65.3 Å². The van der Waals surface area contributed by atoms with Crippen LogP contribution in [-0.4, -0.2) is 121 Å². The summed E-state index contributed by atoms with van der Waals surface area (Å²) in [6, 6.07) is 15.8. The first-order valence-electron chi connectivity index (χ1n) is 25.2. The van der Waals surface area contributed by atoms with Gasteiger partial charge in [0.25, 0.3) is 0 Å². The lowest BCUT2D eigenvalue weighted by atomic mass is 9.87. The standard InChI is InChI=1S/C56H68N4O16S4/c1-53(2,3)29-21-33-41(73-17-13-57-45(61)49(65)66)34(22-29)78-36-24-31(55(7,8)9)26-38(43(36)75-19-15-59-47(63)51(69)70)80-40-28-32(56(10,11)12)27-39(44(40)76-20-16-60-48(64)52(71)72)79-37-25-30(54(4,5)6)23-35(77-33)42(37)74-18-14-58-46(62)50(67)68/h21-28H,13-20H2,1-12H3,(H,57,61)(H,58,62)(H,59,63)(H,60,64)(H,65,66)(H,67,68)(H,69,70)(H,71,72). The van der Waals surface area contributed by atoms with Crippen LogP contribution < -0.4 is 40.2 Å². The van der Waals surface area contributed by atoms with Crippen LogP contribution in [-0.2, 0) is 60.0 Å². The minimum atomic E-state index is -1.67. The number of aliphatic carboxylic acids is 4. The number of carboxylic acid groups (broad SMARTS) is 4. The van der Waals surface area contributed by atoms with Crippen LogP contribution in [0, 0.1) is 0 Å². The van der Waals surface area contributed by atoms with Crippen LogP contribution in [0.15, 0.2) is 87.7 Å². The molecule has 4 aromatic carbocycles. The van der Waals surface area contributed by atoms with Crippen LogP contribution in [0.1, 0.15) is 105 Å². The number of carboxylic acids is 4. The molecule has 0 fully saturated rings. The number of nitrogens with one attached hydrogen (secondary N) is 4. The largest absolute Gasteiger partial charge is 0.489 e. The molecule has 20 nitrogen and oxygen atoms in total. The molecule has 24 heteroatoms. The maximum absolute atomic E-state index is 12.2. The molecule has 0 atom stereocenters. The summed E-state index contributed by atoms with van der Waals surface area (Å²) in [6.07, 6.45) is 0. The van der Waals surface area contributed by atoms with Crippen LogP contribution in [0.3, 0.4) is 0 Å². The van der Waals surface area contributed by atoms with E-state index in [-0.39, 0.29) is 52.6 Å². The van der Waals surface area contributed by atoms with Crippen molar-refractivity contribution in [1.82, 2.24) is 21.3 Å². The lowest BCUT2D eigenvalue weighted by molar-refractivity contribution is -0.150. The number of fused-ring (bicyclic) bond motifs is 8. The fourth-order valence-corrected chi connectivity index (χ4v) is 12.0. The Hall–Kier alpha value is -6.76. The molecular weight excluding hydrogens is 1110 g/mol. The molecule has 432 valence electrons. The smallest absolute Gasteiger partial charge is 0.394 e. The van der Waals surface area contributed by atoms with Gasteiger partial charge in [-0.15, -0.1) is 0 Å². The molecule has 80 heavy (non-hydrogen) atoms. The number of rotatable bonds is 16. The van der Waals surface area contributed by atoms with Crippen molar-refractivity contribution in [2.75, 3.05) is 52.6 Å². The minimum absolute atomic E-state index is 0.186. The second-order valence-electron chi connectivity index (χ2n) is 22.3. The zero-order chi connectivity index (χ0) is 59.7. The van der Waals surface area contributed by atoms with Gasteiger partial charge in [-0.1, -0.05) is 130 Å². The first kappa shape index (κ1) is 64.1. The molecule has 4 aromatic rings. The Balaban J connectivity index is 1.98. The molecule has 1 heterocycles. The van der Waals surface area contributed by atoms with Crippen molar-refractivity contribution >= 4 is 94.6 Å². The average Bonchev–Trinajstić information content (AvgIpc) is 3.34. The summed E-state index contributed by atoms with van der Waals surface area (Å²) in [6.45, 7) is 23.0. The second kappa shape index (κ2) is 26.7. The Bertz CT molecular complexity index is 2570. The quantitative estimate of drug-likeness (QED) is 0.0342. The highest BCUT2D eigenvalue weighted by Gasteiger charge is 2.31. The third kappa shape index (κ3) is 17.6. The molecule has 0 radical (unpaired) electrons. The minimum Gasteiger partial charge on any atom is -0.489 e. The van der Waals surface area contributed by atoms with E-state index in [1.54, 1.807) is 0 Å². The molecule has 1 aliphatic rings. The monoisotopic (exact) mass is 1180 g/mol. The molecule has 0 aromatic heterocycles. The summed E-state index contributed by atoms with van der Waals surface area (Å²) >= 11 is 5.15. The predicted octanol–water partition coefficient (Wildman–Crippen LogP) is 8.11. The molecule has 0 saturated carbocycles. The van der Waals surface area contributed by atoms with Crippen molar-refractivity contribution in [2.45, 2.75) is 144 Å². The van der Waals surface area contributed by atoms with Crippen molar-refractivity contribution < 1.29 is 77.7 Å². The van der Waals surface area contributed by atoms with Crippen LogP contribution >= 0.6 is 47.0 Å². The number of hydrogen-bond acceptors (Lipinski definition) is 16. The second-order valence-corrected chi connectivity index (χ2v) is 26.6. The number of hydrogen-bond donors (Lipinski definition) is 8. The Kier molecular flexibility index (Phi) is 21.4. The number of carbonyl (C=O) groups excluding carboxylic acids is 4. The number of carbonyl (C=O) groups is 8. The van der Waals surface area contributed by atoms with Crippen molar-refractivity contribution in [3.63, 3.8) is 0 Å². The predicted molar refractivity (Wildman–Crippen MR) is 302 cm³/mol. The van der Waals surface area contributed by atoms with Crippen molar-refractivity contribution in [2.24, 2.45) is 0 Å². The fourth-order valence-electron chi connectivity index (χ4n) is 7.26. The van der Waals surface area contributed by atoms with E-state index in [4.69, 9.17) is 18.9 Å². The van der Waals surface area contributed by atoms with E-state index < -0.39 is 69.2 Å². The summed E-state index contributed by atoms with van der Waals surface area (Å²) in [4.78, 5) is 99.6. The van der Waals surface area contributed by atoms with Crippen molar-refractivity contribution in [1.29, 1.82) is 0 Å².